The SMILES string of the molecule is c1ccc(-c2ccc(-c3ccc(-c4cccc5oc6c(-c7nc(-c8ccccc8)nc(-c8ccccc8)n7)cccc6c45)cc3)cc2)cc1. The van der Waals surface area contributed by atoms with Crippen molar-refractivity contribution in [1.82, 2.24) is 15.0 Å². The van der Waals surface area contributed by atoms with E-state index in [1.165, 1.54) is 22.3 Å². The van der Waals surface area contributed by atoms with Crippen LogP contribution in [0.2, 0.25) is 0 Å². The number of hydrogen-bond donors (Lipinski definition) is 0. The lowest BCUT2D eigenvalue weighted by atomic mass is 9.96. The summed E-state index contributed by atoms with van der Waals surface area (Å²) in [5, 5.41) is 2.09. The highest BCUT2D eigenvalue weighted by Gasteiger charge is 2.19. The molecule has 0 N–H and O–H groups in total. The van der Waals surface area contributed by atoms with Crippen molar-refractivity contribution in [1.29, 1.82) is 0 Å². The lowest BCUT2D eigenvalue weighted by molar-refractivity contribution is 0.669. The summed E-state index contributed by atoms with van der Waals surface area (Å²) in [7, 11) is 0. The van der Waals surface area contributed by atoms with E-state index in [2.05, 4.69) is 97.1 Å². The molecule has 0 saturated carbocycles. The van der Waals surface area contributed by atoms with Crippen LogP contribution in [0.3, 0.4) is 0 Å². The molecule has 0 unspecified atom stereocenters. The van der Waals surface area contributed by atoms with Crippen molar-refractivity contribution < 1.29 is 4.42 Å². The lowest BCUT2D eigenvalue weighted by Gasteiger charge is -2.09. The summed E-state index contributed by atoms with van der Waals surface area (Å²) < 4.78 is 6.63. The zero-order chi connectivity index (χ0) is 32.6. The summed E-state index contributed by atoms with van der Waals surface area (Å²) in [6.45, 7) is 0. The van der Waals surface area contributed by atoms with Gasteiger partial charge in [0, 0.05) is 21.9 Å². The van der Waals surface area contributed by atoms with Gasteiger partial charge in [-0.05, 0) is 45.5 Å². The van der Waals surface area contributed by atoms with Crippen molar-refractivity contribution in [3.05, 3.63) is 176 Å². The van der Waals surface area contributed by atoms with E-state index in [-0.39, 0.29) is 0 Å². The predicted molar refractivity (Wildman–Crippen MR) is 200 cm³/mol. The quantitative estimate of drug-likeness (QED) is 0.184. The molecule has 0 saturated heterocycles. The van der Waals surface area contributed by atoms with Crippen LogP contribution in [0, 0.1) is 0 Å². The van der Waals surface area contributed by atoms with Gasteiger partial charge in [0.2, 0.25) is 0 Å². The number of para-hydroxylation sites is 1. The molecule has 0 aliphatic carbocycles. The zero-order valence-electron chi connectivity index (χ0n) is 26.5. The molecular formula is C45H29N3O. The number of nitrogens with zero attached hydrogens (tertiary/aromatic N) is 3. The van der Waals surface area contributed by atoms with Crippen molar-refractivity contribution in [2.24, 2.45) is 0 Å². The van der Waals surface area contributed by atoms with Crippen LogP contribution in [0.1, 0.15) is 0 Å². The summed E-state index contributed by atoms with van der Waals surface area (Å²) in [6.07, 6.45) is 0. The normalized spacial score (nSPS) is 11.3. The van der Waals surface area contributed by atoms with Gasteiger partial charge in [-0.25, -0.2) is 15.0 Å². The average Bonchev–Trinajstić information content (AvgIpc) is 3.58. The van der Waals surface area contributed by atoms with E-state index in [0.29, 0.717) is 17.5 Å². The van der Waals surface area contributed by atoms with Crippen LogP contribution in [-0.4, -0.2) is 15.0 Å². The van der Waals surface area contributed by atoms with Crippen molar-refractivity contribution >= 4 is 21.9 Å². The van der Waals surface area contributed by atoms with Crippen molar-refractivity contribution in [3.8, 4) is 67.5 Å². The number of rotatable bonds is 6. The van der Waals surface area contributed by atoms with E-state index in [4.69, 9.17) is 19.4 Å². The Hall–Kier alpha value is -6.65. The molecule has 0 spiro atoms. The Kier molecular flexibility index (Phi) is 7.10. The zero-order valence-corrected chi connectivity index (χ0v) is 26.5. The smallest absolute Gasteiger partial charge is 0.167 e. The molecule has 0 radical (unpaired) electrons. The molecule has 4 nitrogen and oxygen atoms in total. The second-order valence-corrected chi connectivity index (χ2v) is 12.0. The van der Waals surface area contributed by atoms with Crippen LogP contribution in [0.4, 0.5) is 0 Å². The molecule has 4 heteroatoms. The van der Waals surface area contributed by atoms with Crippen molar-refractivity contribution in [2.75, 3.05) is 0 Å². The molecule has 0 aliphatic heterocycles. The molecule has 49 heavy (non-hydrogen) atoms. The van der Waals surface area contributed by atoms with Gasteiger partial charge >= 0.3 is 0 Å². The van der Waals surface area contributed by atoms with E-state index in [1.54, 1.807) is 0 Å². The third-order valence-electron chi connectivity index (χ3n) is 8.98. The van der Waals surface area contributed by atoms with Gasteiger partial charge in [0.1, 0.15) is 11.2 Å². The number of hydrogen-bond acceptors (Lipinski definition) is 4. The van der Waals surface area contributed by atoms with Gasteiger partial charge < -0.3 is 4.42 Å². The third-order valence-corrected chi connectivity index (χ3v) is 8.98. The van der Waals surface area contributed by atoms with Crippen LogP contribution >= 0.6 is 0 Å². The number of fused-ring (bicyclic) bond motifs is 3. The summed E-state index contributed by atoms with van der Waals surface area (Å²) >= 11 is 0. The Balaban J connectivity index is 1.13. The van der Waals surface area contributed by atoms with Crippen molar-refractivity contribution in [2.45, 2.75) is 0 Å². The number of furan rings is 1. The fourth-order valence-corrected chi connectivity index (χ4v) is 6.52. The number of benzene rings is 7. The van der Waals surface area contributed by atoms with E-state index in [0.717, 1.165) is 49.8 Å². The monoisotopic (exact) mass is 627 g/mol. The van der Waals surface area contributed by atoms with Crippen LogP contribution in [-0.2, 0) is 0 Å². The first-order valence-electron chi connectivity index (χ1n) is 16.4. The molecule has 0 fully saturated rings. The van der Waals surface area contributed by atoms with Crippen molar-refractivity contribution in [3.63, 3.8) is 0 Å². The highest BCUT2D eigenvalue weighted by molar-refractivity contribution is 6.15. The Morgan fingerprint density at radius 1 is 0.306 bits per heavy atom. The maximum absolute atomic E-state index is 6.63. The van der Waals surface area contributed by atoms with Gasteiger partial charge in [-0.1, -0.05) is 164 Å². The topological polar surface area (TPSA) is 51.8 Å². The largest absolute Gasteiger partial charge is 0.455 e. The van der Waals surface area contributed by atoms with Gasteiger partial charge in [-0.3, -0.25) is 0 Å². The molecule has 0 atom stereocenters. The highest BCUT2D eigenvalue weighted by atomic mass is 16.3. The molecule has 0 aliphatic rings. The number of aromatic nitrogens is 3. The minimum atomic E-state index is 0.571. The Bertz CT molecular complexity index is 2500. The van der Waals surface area contributed by atoms with E-state index < -0.39 is 0 Å². The van der Waals surface area contributed by atoms with Gasteiger partial charge in [-0.15, -0.1) is 0 Å². The molecule has 9 rings (SSSR count). The van der Waals surface area contributed by atoms with Gasteiger partial charge in [0.05, 0.1) is 5.56 Å². The summed E-state index contributed by atoms with van der Waals surface area (Å²) in [5.41, 5.74) is 11.3. The maximum Gasteiger partial charge on any atom is 0.167 e. The second-order valence-electron chi connectivity index (χ2n) is 12.0. The van der Waals surface area contributed by atoms with Gasteiger partial charge in [0.25, 0.3) is 0 Å². The van der Waals surface area contributed by atoms with E-state index >= 15 is 0 Å². The van der Waals surface area contributed by atoms with Gasteiger partial charge in [0.15, 0.2) is 17.5 Å². The first-order valence-corrected chi connectivity index (χ1v) is 16.4. The highest BCUT2D eigenvalue weighted by Crippen LogP contribution is 2.40. The van der Waals surface area contributed by atoms with Crippen LogP contribution < -0.4 is 0 Å². The molecule has 0 bridgehead atoms. The van der Waals surface area contributed by atoms with Gasteiger partial charge in [-0.2, -0.15) is 0 Å². The van der Waals surface area contributed by atoms with Crippen LogP contribution in [0.5, 0.6) is 0 Å². The Morgan fingerprint density at radius 3 is 1.29 bits per heavy atom. The third kappa shape index (κ3) is 5.35. The lowest BCUT2D eigenvalue weighted by Crippen LogP contribution is -2.00. The molecule has 2 aromatic heterocycles. The average molecular weight is 628 g/mol. The van der Waals surface area contributed by atoms with E-state index in [1.807, 2.05) is 78.9 Å². The molecule has 0 amide bonds. The Morgan fingerprint density at radius 2 is 0.735 bits per heavy atom. The minimum Gasteiger partial charge on any atom is -0.455 e. The first kappa shape index (κ1) is 28.6. The molecule has 230 valence electrons. The summed E-state index contributed by atoms with van der Waals surface area (Å²) in [5.74, 6) is 1.81. The van der Waals surface area contributed by atoms with E-state index in [9.17, 15) is 0 Å². The van der Waals surface area contributed by atoms with Crippen LogP contribution in [0.15, 0.2) is 180 Å². The molecular weight excluding hydrogens is 599 g/mol. The summed E-state index contributed by atoms with van der Waals surface area (Å²) in [6, 6.07) is 60.5. The minimum absolute atomic E-state index is 0.571. The fourth-order valence-electron chi connectivity index (χ4n) is 6.52. The second kappa shape index (κ2) is 12.2. The predicted octanol–water partition coefficient (Wildman–Crippen LogP) is 11.8. The molecule has 7 aromatic carbocycles. The fraction of sp³-hybridized carbons (Fsp3) is 0. The molecule has 2 heterocycles. The van der Waals surface area contributed by atoms with Crippen LogP contribution in [0.25, 0.3) is 89.5 Å². The molecule has 9 aromatic rings. The maximum atomic E-state index is 6.63. The standard InChI is InChI=1S/C45H29N3O/c1-4-12-30(13-5-1)31-22-24-32(25-23-31)33-26-28-34(29-27-33)37-18-11-21-40-41(37)38-19-10-20-39(42(38)49-40)45-47-43(35-14-6-2-7-15-35)46-44(48-45)36-16-8-3-9-17-36/h1-29H. The first-order chi connectivity index (χ1) is 24.3. The Labute approximate surface area is 284 Å². The summed E-state index contributed by atoms with van der Waals surface area (Å²) in [4.78, 5) is 14.8.